The topological polar surface area (TPSA) is 91.4 Å². The zero-order valence-corrected chi connectivity index (χ0v) is 15.1. The summed E-state index contributed by atoms with van der Waals surface area (Å²) in [5, 5.41) is 0. The molecule has 1 aliphatic rings. The van der Waals surface area contributed by atoms with E-state index in [0.29, 0.717) is 37.4 Å². The van der Waals surface area contributed by atoms with Crippen molar-refractivity contribution in [3.8, 4) is 11.5 Å². The van der Waals surface area contributed by atoms with Crippen LogP contribution in [0.3, 0.4) is 0 Å². The molecule has 8 heteroatoms. The molecule has 0 aromatic heterocycles. The summed E-state index contributed by atoms with van der Waals surface area (Å²) in [5.74, 6) is -0.598. The van der Waals surface area contributed by atoms with Gasteiger partial charge in [0.2, 0.25) is 0 Å². The third-order valence-electron chi connectivity index (χ3n) is 4.34. The first-order valence-electron chi connectivity index (χ1n) is 8.25. The maximum absolute atomic E-state index is 12.3. The van der Waals surface area contributed by atoms with Gasteiger partial charge in [-0.3, -0.25) is 9.59 Å². The van der Waals surface area contributed by atoms with Gasteiger partial charge in [0.05, 0.1) is 27.2 Å². The van der Waals surface area contributed by atoms with E-state index in [-0.39, 0.29) is 30.0 Å². The summed E-state index contributed by atoms with van der Waals surface area (Å²) in [6.45, 7) is 0.485. The van der Waals surface area contributed by atoms with E-state index in [0.717, 1.165) is 0 Å². The summed E-state index contributed by atoms with van der Waals surface area (Å²) in [6, 6.07) is 4.74. The molecule has 1 aromatic carbocycles. The fourth-order valence-corrected chi connectivity index (χ4v) is 2.80. The van der Waals surface area contributed by atoms with Gasteiger partial charge in [-0.25, -0.2) is 4.79 Å². The number of carbonyl (C=O) groups is 3. The van der Waals surface area contributed by atoms with Gasteiger partial charge in [-0.05, 0) is 31.0 Å². The number of likely N-dealkylation sites (tertiary alicyclic amines) is 1. The fourth-order valence-electron chi connectivity index (χ4n) is 2.80. The molecule has 0 bridgehead atoms. The molecule has 1 fully saturated rings. The minimum Gasteiger partial charge on any atom is -0.497 e. The van der Waals surface area contributed by atoms with E-state index in [1.54, 1.807) is 17.0 Å². The molecule has 1 aromatic rings. The number of benzene rings is 1. The fraction of sp³-hybridized carbons (Fsp3) is 0.500. The van der Waals surface area contributed by atoms with Crippen molar-refractivity contribution >= 4 is 17.8 Å². The second-order valence-corrected chi connectivity index (χ2v) is 5.82. The zero-order chi connectivity index (χ0) is 19.1. The van der Waals surface area contributed by atoms with Gasteiger partial charge in [-0.15, -0.1) is 0 Å². The van der Waals surface area contributed by atoms with Crippen LogP contribution in [0.15, 0.2) is 18.2 Å². The Balaban J connectivity index is 1.90. The molecule has 0 unspecified atom stereocenters. The van der Waals surface area contributed by atoms with E-state index >= 15 is 0 Å². The third-order valence-corrected chi connectivity index (χ3v) is 4.34. The Labute approximate surface area is 152 Å². The largest absolute Gasteiger partial charge is 0.497 e. The first-order valence-corrected chi connectivity index (χ1v) is 8.25. The minimum absolute atomic E-state index is 0.184. The quantitative estimate of drug-likeness (QED) is 0.701. The highest BCUT2D eigenvalue weighted by atomic mass is 16.5. The molecular formula is C18H23NO7. The number of ether oxygens (including phenoxy) is 4. The van der Waals surface area contributed by atoms with Crippen molar-refractivity contribution in [2.24, 2.45) is 5.92 Å². The first kappa shape index (κ1) is 19.6. The zero-order valence-electron chi connectivity index (χ0n) is 15.1. The molecule has 0 radical (unpaired) electrons. The minimum atomic E-state index is -0.668. The van der Waals surface area contributed by atoms with E-state index in [1.807, 2.05) is 0 Å². The number of carbonyl (C=O) groups excluding carboxylic acids is 3. The van der Waals surface area contributed by atoms with E-state index in [4.69, 9.17) is 18.9 Å². The molecule has 1 amide bonds. The molecule has 0 saturated carbocycles. The van der Waals surface area contributed by atoms with Crippen LogP contribution in [0.5, 0.6) is 11.5 Å². The van der Waals surface area contributed by atoms with Gasteiger partial charge < -0.3 is 23.8 Å². The summed E-state index contributed by atoms with van der Waals surface area (Å²) in [6.07, 6.45) is 1.08. The first-order chi connectivity index (χ1) is 12.5. The second-order valence-electron chi connectivity index (χ2n) is 5.82. The van der Waals surface area contributed by atoms with Crippen LogP contribution in [0.1, 0.15) is 23.2 Å². The summed E-state index contributed by atoms with van der Waals surface area (Å²) < 4.78 is 20.1. The number of piperidine rings is 1. The second kappa shape index (κ2) is 9.07. The molecule has 1 aliphatic heterocycles. The summed E-state index contributed by atoms with van der Waals surface area (Å²) in [7, 11) is 4.28. The summed E-state index contributed by atoms with van der Waals surface area (Å²) in [4.78, 5) is 37.6. The summed E-state index contributed by atoms with van der Waals surface area (Å²) in [5.41, 5.74) is 0.184. The molecule has 26 heavy (non-hydrogen) atoms. The lowest BCUT2D eigenvalue weighted by Gasteiger charge is -2.30. The van der Waals surface area contributed by atoms with Crippen LogP contribution in [0, 0.1) is 5.92 Å². The number of nitrogens with zero attached hydrogens (tertiary/aromatic N) is 1. The molecule has 0 spiro atoms. The maximum Gasteiger partial charge on any atom is 0.342 e. The predicted octanol–water partition coefficient (Wildman–Crippen LogP) is 1.27. The standard InChI is InChI=1S/C18H23NO7/c1-23-13-4-5-15(24-2)14(10-13)18(22)26-11-16(20)19-8-6-12(7-9-19)17(21)25-3/h4-5,10,12H,6-9,11H2,1-3H3. The van der Waals surface area contributed by atoms with Gasteiger partial charge in [0.15, 0.2) is 6.61 Å². The Kier molecular flexibility index (Phi) is 6.82. The predicted molar refractivity (Wildman–Crippen MR) is 91.1 cm³/mol. The lowest BCUT2D eigenvalue weighted by atomic mass is 9.97. The van der Waals surface area contributed by atoms with Gasteiger partial charge >= 0.3 is 11.9 Å². The third kappa shape index (κ3) is 4.65. The maximum atomic E-state index is 12.3. The van der Waals surface area contributed by atoms with E-state index in [9.17, 15) is 14.4 Å². The van der Waals surface area contributed by atoms with E-state index in [2.05, 4.69) is 0 Å². The van der Waals surface area contributed by atoms with Crippen LogP contribution in [-0.4, -0.2) is 63.8 Å². The smallest absolute Gasteiger partial charge is 0.342 e. The molecule has 8 nitrogen and oxygen atoms in total. The number of amides is 1. The van der Waals surface area contributed by atoms with Crippen molar-refractivity contribution in [3.63, 3.8) is 0 Å². The molecule has 0 aliphatic carbocycles. The van der Waals surface area contributed by atoms with Crippen LogP contribution in [0.25, 0.3) is 0 Å². The van der Waals surface area contributed by atoms with E-state index < -0.39 is 5.97 Å². The molecule has 1 saturated heterocycles. The van der Waals surface area contributed by atoms with Crippen molar-refractivity contribution < 1.29 is 33.3 Å². The van der Waals surface area contributed by atoms with Crippen molar-refractivity contribution in [2.45, 2.75) is 12.8 Å². The van der Waals surface area contributed by atoms with E-state index in [1.165, 1.54) is 27.4 Å². The molecular weight excluding hydrogens is 342 g/mol. The highest BCUT2D eigenvalue weighted by Crippen LogP contribution is 2.25. The molecule has 0 N–H and O–H groups in total. The van der Waals surface area contributed by atoms with Crippen LogP contribution in [0.2, 0.25) is 0 Å². The van der Waals surface area contributed by atoms with Gasteiger partial charge in [0, 0.05) is 13.1 Å². The molecule has 1 heterocycles. The number of rotatable bonds is 6. The SMILES string of the molecule is COC(=O)C1CCN(C(=O)COC(=O)c2cc(OC)ccc2OC)CC1. The Morgan fingerprint density at radius 1 is 1.08 bits per heavy atom. The Morgan fingerprint density at radius 2 is 1.77 bits per heavy atom. The lowest BCUT2D eigenvalue weighted by Crippen LogP contribution is -2.42. The molecule has 2 rings (SSSR count). The number of esters is 2. The van der Waals surface area contributed by atoms with Crippen LogP contribution >= 0.6 is 0 Å². The van der Waals surface area contributed by atoms with Gasteiger partial charge in [0.25, 0.3) is 5.91 Å². The van der Waals surface area contributed by atoms with Crippen LogP contribution < -0.4 is 9.47 Å². The normalized spacial score (nSPS) is 14.5. The monoisotopic (exact) mass is 365 g/mol. The van der Waals surface area contributed by atoms with Crippen LogP contribution in [0.4, 0.5) is 0 Å². The van der Waals surface area contributed by atoms with Crippen LogP contribution in [-0.2, 0) is 19.1 Å². The molecule has 142 valence electrons. The summed E-state index contributed by atoms with van der Waals surface area (Å²) >= 11 is 0. The highest BCUT2D eigenvalue weighted by molar-refractivity contribution is 5.94. The van der Waals surface area contributed by atoms with Crippen molar-refractivity contribution in [1.29, 1.82) is 0 Å². The van der Waals surface area contributed by atoms with Crippen molar-refractivity contribution in [1.82, 2.24) is 4.90 Å². The van der Waals surface area contributed by atoms with Gasteiger partial charge in [-0.1, -0.05) is 0 Å². The average Bonchev–Trinajstić information content (AvgIpc) is 2.70. The van der Waals surface area contributed by atoms with Crippen molar-refractivity contribution in [2.75, 3.05) is 41.0 Å². The van der Waals surface area contributed by atoms with Crippen molar-refractivity contribution in [3.05, 3.63) is 23.8 Å². The van der Waals surface area contributed by atoms with Gasteiger partial charge in [-0.2, -0.15) is 0 Å². The Bertz CT molecular complexity index is 666. The van der Waals surface area contributed by atoms with Gasteiger partial charge in [0.1, 0.15) is 17.1 Å². The number of hydrogen-bond acceptors (Lipinski definition) is 7. The molecule has 0 atom stereocenters. The number of methoxy groups -OCH3 is 3. The number of hydrogen-bond donors (Lipinski definition) is 0. The lowest BCUT2D eigenvalue weighted by molar-refractivity contribution is -0.149. The Morgan fingerprint density at radius 3 is 2.35 bits per heavy atom. The Hall–Kier alpha value is -2.77. The highest BCUT2D eigenvalue weighted by Gasteiger charge is 2.28. The average molecular weight is 365 g/mol.